The summed E-state index contributed by atoms with van der Waals surface area (Å²) < 4.78 is 0. The molecule has 1 heterocycles. The van der Waals surface area contributed by atoms with E-state index < -0.39 is 0 Å². The molecule has 2 aromatic carbocycles. The molecule has 0 aliphatic carbocycles. The van der Waals surface area contributed by atoms with Gasteiger partial charge in [-0.2, -0.15) is 0 Å². The summed E-state index contributed by atoms with van der Waals surface area (Å²) in [5, 5.41) is 12.9. The minimum Gasteiger partial charge on any atom is -0.346 e. The van der Waals surface area contributed by atoms with Gasteiger partial charge in [0.2, 0.25) is 17.0 Å². The van der Waals surface area contributed by atoms with Crippen LogP contribution in [-0.2, 0) is 16.0 Å². The molecule has 0 fully saturated rings. The molecule has 0 unspecified atom stereocenters. The Morgan fingerprint density at radius 3 is 2.59 bits per heavy atom. The normalized spacial score (nSPS) is 10.6. The number of hydrogen-bond acceptors (Lipinski definition) is 5. The van der Waals surface area contributed by atoms with Crippen LogP contribution in [0.15, 0.2) is 53.7 Å². The third-order valence-corrected chi connectivity index (χ3v) is 5.09. The largest absolute Gasteiger partial charge is 0.346 e. The molecule has 0 saturated heterocycles. The zero-order valence-corrected chi connectivity index (χ0v) is 17.2. The minimum atomic E-state index is -0.260. The number of amides is 2. The number of para-hydroxylation sites is 1. The maximum atomic E-state index is 12.1. The van der Waals surface area contributed by atoms with Gasteiger partial charge < -0.3 is 10.6 Å². The first-order valence-electron chi connectivity index (χ1n) is 9.32. The molecule has 3 N–H and O–H groups in total. The van der Waals surface area contributed by atoms with Gasteiger partial charge in [-0.1, -0.05) is 66.7 Å². The van der Waals surface area contributed by atoms with Crippen molar-refractivity contribution >= 4 is 29.3 Å². The van der Waals surface area contributed by atoms with Crippen LogP contribution in [0.3, 0.4) is 0 Å². The average molecular weight is 410 g/mol. The van der Waals surface area contributed by atoms with Crippen molar-refractivity contribution in [1.82, 2.24) is 20.5 Å². The lowest BCUT2D eigenvalue weighted by molar-refractivity contribution is -0.122. The first-order valence-corrected chi connectivity index (χ1v) is 10.3. The molecule has 0 spiro atoms. The number of anilines is 1. The van der Waals surface area contributed by atoms with E-state index in [1.807, 2.05) is 62.4 Å². The fourth-order valence-electron chi connectivity index (χ4n) is 2.66. The first-order chi connectivity index (χ1) is 14.0. The number of hydrogen-bond donors (Lipinski definition) is 3. The number of nitrogens with zero attached hydrogens (tertiary/aromatic N) is 2. The lowest BCUT2D eigenvalue weighted by Gasteiger charge is -2.10. The number of carbonyl (C=O) groups excluding carboxylic acids is 2. The Kier molecular flexibility index (Phi) is 7.02. The molecule has 0 bridgehead atoms. The maximum Gasteiger partial charge on any atom is 0.243 e. The highest BCUT2D eigenvalue weighted by Gasteiger charge is 2.11. The zero-order valence-electron chi connectivity index (χ0n) is 16.4. The Bertz CT molecular complexity index is 985. The van der Waals surface area contributed by atoms with Crippen LogP contribution in [0.2, 0.25) is 0 Å². The molecular formula is C21H23N5O2S. The summed E-state index contributed by atoms with van der Waals surface area (Å²) >= 11 is 1.21. The number of nitrogens with one attached hydrogen (secondary N) is 3. The number of benzene rings is 2. The monoisotopic (exact) mass is 409 g/mol. The van der Waals surface area contributed by atoms with Crippen LogP contribution in [0.5, 0.6) is 0 Å². The van der Waals surface area contributed by atoms with Gasteiger partial charge in [0.15, 0.2) is 5.82 Å². The molecule has 3 aromatic rings. The van der Waals surface area contributed by atoms with Crippen LogP contribution >= 0.6 is 11.8 Å². The van der Waals surface area contributed by atoms with Gasteiger partial charge in [0.05, 0.1) is 12.3 Å². The van der Waals surface area contributed by atoms with E-state index in [9.17, 15) is 9.59 Å². The molecule has 29 heavy (non-hydrogen) atoms. The Morgan fingerprint density at radius 2 is 1.83 bits per heavy atom. The molecular weight excluding hydrogens is 386 g/mol. The van der Waals surface area contributed by atoms with Gasteiger partial charge in [0.25, 0.3) is 0 Å². The van der Waals surface area contributed by atoms with E-state index in [1.165, 1.54) is 17.3 Å². The molecule has 0 aliphatic rings. The third-order valence-electron chi connectivity index (χ3n) is 4.24. The molecule has 2 amide bonds. The second-order valence-electron chi connectivity index (χ2n) is 6.46. The lowest BCUT2D eigenvalue weighted by atomic mass is 10.1. The Morgan fingerprint density at radius 1 is 1.07 bits per heavy atom. The van der Waals surface area contributed by atoms with Crippen molar-refractivity contribution < 1.29 is 9.59 Å². The predicted octanol–water partition coefficient (Wildman–Crippen LogP) is 3.19. The van der Waals surface area contributed by atoms with Crippen molar-refractivity contribution in [2.24, 2.45) is 0 Å². The summed E-state index contributed by atoms with van der Waals surface area (Å²) in [6, 6.07) is 15.5. The van der Waals surface area contributed by atoms with E-state index in [-0.39, 0.29) is 24.1 Å². The molecule has 0 aliphatic heterocycles. The molecule has 0 radical (unpaired) electrons. The molecule has 0 atom stereocenters. The number of aromatic nitrogens is 3. The molecule has 3 rings (SSSR count). The molecule has 8 heteroatoms. The topological polar surface area (TPSA) is 99.8 Å². The molecule has 7 nitrogen and oxygen atoms in total. The quantitative estimate of drug-likeness (QED) is 0.496. The van der Waals surface area contributed by atoms with Crippen LogP contribution in [-0.4, -0.2) is 39.3 Å². The zero-order chi connectivity index (χ0) is 20.6. The fraction of sp³-hybridized carbons (Fsp3) is 0.238. The minimum absolute atomic E-state index is 0.0833. The summed E-state index contributed by atoms with van der Waals surface area (Å²) in [6.45, 7) is 3.96. The van der Waals surface area contributed by atoms with Crippen LogP contribution in [0.4, 0.5) is 5.69 Å². The van der Waals surface area contributed by atoms with Gasteiger partial charge in [-0.3, -0.25) is 14.7 Å². The van der Waals surface area contributed by atoms with Crippen molar-refractivity contribution in [3.63, 3.8) is 0 Å². The smallest absolute Gasteiger partial charge is 0.243 e. The van der Waals surface area contributed by atoms with E-state index in [1.54, 1.807) is 0 Å². The number of aromatic amines is 1. The van der Waals surface area contributed by atoms with Gasteiger partial charge in [-0.25, -0.2) is 4.98 Å². The van der Waals surface area contributed by atoms with Crippen LogP contribution in [0, 0.1) is 6.92 Å². The highest BCUT2D eigenvalue weighted by atomic mass is 32.2. The van der Waals surface area contributed by atoms with E-state index >= 15 is 0 Å². The molecule has 150 valence electrons. The van der Waals surface area contributed by atoms with Gasteiger partial charge in [0.1, 0.15) is 0 Å². The highest BCUT2D eigenvalue weighted by Crippen LogP contribution is 2.19. The second-order valence-corrected chi connectivity index (χ2v) is 7.40. The Balaban J connectivity index is 1.44. The maximum absolute atomic E-state index is 12.1. The van der Waals surface area contributed by atoms with Gasteiger partial charge >= 0.3 is 0 Å². The van der Waals surface area contributed by atoms with Gasteiger partial charge in [-0.05, 0) is 25.0 Å². The van der Waals surface area contributed by atoms with E-state index in [2.05, 4.69) is 25.8 Å². The van der Waals surface area contributed by atoms with Crippen molar-refractivity contribution in [2.75, 3.05) is 17.6 Å². The van der Waals surface area contributed by atoms with Crippen molar-refractivity contribution in [2.45, 2.75) is 25.4 Å². The fourth-order valence-corrected chi connectivity index (χ4v) is 3.28. The van der Waals surface area contributed by atoms with Gasteiger partial charge in [0, 0.05) is 11.3 Å². The number of H-pyrrole nitrogens is 1. The van der Waals surface area contributed by atoms with Crippen molar-refractivity contribution in [1.29, 1.82) is 0 Å². The second kappa shape index (κ2) is 9.88. The highest BCUT2D eigenvalue weighted by molar-refractivity contribution is 7.99. The number of carbonyl (C=O) groups is 2. The number of aryl methyl sites for hydroxylation is 2. The Labute approximate surface area is 173 Å². The van der Waals surface area contributed by atoms with Crippen LogP contribution < -0.4 is 10.6 Å². The standard InChI is InChI=1S/C21H23N5O2S/c1-3-15-6-4-5-7-17(15)23-18(27)12-22-19(28)13-29-21-24-20(25-26-21)16-10-8-14(2)9-11-16/h4-11H,3,12-13H2,1-2H3,(H,22,28)(H,23,27)(H,24,25,26). The summed E-state index contributed by atoms with van der Waals surface area (Å²) in [7, 11) is 0. The van der Waals surface area contributed by atoms with Crippen molar-refractivity contribution in [3.8, 4) is 11.4 Å². The van der Waals surface area contributed by atoms with Crippen molar-refractivity contribution in [3.05, 3.63) is 59.7 Å². The van der Waals surface area contributed by atoms with Gasteiger partial charge in [-0.15, -0.1) is 5.10 Å². The lowest BCUT2D eigenvalue weighted by Crippen LogP contribution is -2.34. The van der Waals surface area contributed by atoms with Crippen LogP contribution in [0.1, 0.15) is 18.1 Å². The summed E-state index contributed by atoms with van der Waals surface area (Å²) in [5.41, 5.74) is 3.93. The summed E-state index contributed by atoms with van der Waals surface area (Å²) in [4.78, 5) is 28.5. The Hall–Kier alpha value is -3.13. The SMILES string of the molecule is CCc1ccccc1NC(=O)CNC(=O)CSc1n[nH]c(-c2ccc(C)cc2)n1. The average Bonchev–Trinajstić information content (AvgIpc) is 3.21. The molecule has 1 aromatic heterocycles. The number of thioether (sulfide) groups is 1. The third kappa shape index (κ3) is 5.92. The van der Waals surface area contributed by atoms with E-state index in [0.717, 1.165) is 23.2 Å². The molecule has 0 saturated carbocycles. The van der Waals surface area contributed by atoms with Crippen LogP contribution in [0.25, 0.3) is 11.4 Å². The first kappa shape index (κ1) is 20.6. The summed E-state index contributed by atoms with van der Waals surface area (Å²) in [5.74, 6) is 0.269. The van der Waals surface area contributed by atoms with E-state index in [0.29, 0.717) is 11.0 Å². The summed E-state index contributed by atoms with van der Waals surface area (Å²) in [6.07, 6.45) is 0.820. The van der Waals surface area contributed by atoms with E-state index in [4.69, 9.17) is 0 Å². The predicted molar refractivity (Wildman–Crippen MR) is 115 cm³/mol. The number of rotatable bonds is 8.